The number of thioether (sulfide) groups is 1. The SMILES string of the molecule is COc1cccc(CSc2sc(N)nc2C)n1. The van der Waals surface area contributed by atoms with Gasteiger partial charge in [-0.1, -0.05) is 17.4 Å². The minimum absolute atomic E-state index is 0.614. The fraction of sp³-hybridized carbons (Fsp3) is 0.273. The number of nitrogens with two attached hydrogens (primary N) is 1. The van der Waals surface area contributed by atoms with E-state index in [2.05, 4.69) is 9.97 Å². The Hall–Kier alpha value is -1.27. The minimum atomic E-state index is 0.614. The van der Waals surface area contributed by atoms with Crippen LogP contribution in [0.5, 0.6) is 5.88 Å². The predicted molar refractivity (Wildman–Crippen MR) is 71.6 cm³/mol. The molecule has 17 heavy (non-hydrogen) atoms. The first-order valence-corrected chi connectivity index (χ1v) is 6.85. The lowest BCUT2D eigenvalue weighted by Gasteiger charge is -2.02. The Labute approximate surface area is 108 Å². The Bertz CT molecular complexity index is 513. The van der Waals surface area contributed by atoms with Crippen molar-refractivity contribution < 1.29 is 4.74 Å². The van der Waals surface area contributed by atoms with E-state index in [1.807, 2.05) is 25.1 Å². The number of pyridine rings is 1. The Morgan fingerprint density at radius 3 is 2.88 bits per heavy atom. The molecular weight excluding hydrogens is 254 g/mol. The summed E-state index contributed by atoms with van der Waals surface area (Å²) in [5.41, 5.74) is 7.63. The summed E-state index contributed by atoms with van der Waals surface area (Å²) in [4.78, 5) is 8.54. The molecule has 90 valence electrons. The molecule has 6 heteroatoms. The number of rotatable bonds is 4. The molecule has 0 bridgehead atoms. The average molecular weight is 267 g/mol. The number of hydrogen-bond donors (Lipinski definition) is 1. The van der Waals surface area contributed by atoms with Gasteiger partial charge in [0.1, 0.15) is 0 Å². The Morgan fingerprint density at radius 1 is 1.41 bits per heavy atom. The summed E-state index contributed by atoms with van der Waals surface area (Å²) in [6.45, 7) is 1.97. The van der Waals surface area contributed by atoms with Gasteiger partial charge in [0.25, 0.3) is 0 Å². The van der Waals surface area contributed by atoms with Crippen molar-refractivity contribution in [3.63, 3.8) is 0 Å². The highest BCUT2D eigenvalue weighted by Crippen LogP contribution is 2.32. The van der Waals surface area contributed by atoms with Crippen LogP contribution in [-0.2, 0) is 5.75 Å². The van der Waals surface area contributed by atoms with Gasteiger partial charge in [-0.25, -0.2) is 9.97 Å². The number of aromatic nitrogens is 2. The Morgan fingerprint density at radius 2 is 2.24 bits per heavy atom. The Balaban J connectivity index is 2.04. The standard InChI is InChI=1S/C11H13N3OS2/c1-7-10(17-11(12)13-7)16-6-8-4-3-5-9(14-8)15-2/h3-5H,6H2,1-2H3,(H2,12,13). The molecule has 2 heterocycles. The first-order chi connectivity index (χ1) is 8.19. The van der Waals surface area contributed by atoms with Crippen LogP contribution in [0.15, 0.2) is 22.4 Å². The molecule has 0 spiro atoms. The lowest BCUT2D eigenvalue weighted by molar-refractivity contribution is 0.397. The lowest BCUT2D eigenvalue weighted by Crippen LogP contribution is -1.91. The van der Waals surface area contributed by atoms with Crippen molar-refractivity contribution in [2.75, 3.05) is 12.8 Å². The molecule has 0 amide bonds. The zero-order chi connectivity index (χ0) is 12.3. The number of nitrogens with zero attached hydrogens (tertiary/aromatic N) is 2. The van der Waals surface area contributed by atoms with Gasteiger partial charge in [-0.3, -0.25) is 0 Å². The van der Waals surface area contributed by atoms with E-state index in [1.165, 1.54) is 11.3 Å². The number of nitrogen functional groups attached to an aromatic ring is 1. The smallest absolute Gasteiger partial charge is 0.213 e. The molecular formula is C11H13N3OS2. The highest BCUT2D eigenvalue weighted by molar-refractivity contribution is 8.00. The van der Waals surface area contributed by atoms with Crippen LogP contribution in [-0.4, -0.2) is 17.1 Å². The zero-order valence-corrected chi connectivity index (χ0v) is 11.3. The van der Waals surface area contributed by atoms with Gasteiger partial charge in [0, 0.05) is 11.8 Å². The van der Waals surface area contributed by atoms with Gasteiger partial charge in [0.2, 0.25) is 5.88 Å². The first-order valence-electron chi connectivity index (χ1n) is 5.04. The summed E-state index contributed by atoms with van der Waals surface area (Å²) in [6.07, 6.45) is 0. The number of thiazole rings is 1. The van der Waals surface area contributed by atoms with E-state index in [1.54, 1.807) is 18.9 Å². The maximum atomic E-state index is 5.65. The first kappa shape index (κ1) is 12.2. The van der Waals surface area contributed by atoms with E-state index in [0.29, 0.717) is 11.0 Å². The number of ether oxygens (including phenoxy) is 1. The topological polar surface area (TPSA) is 61.0 Å². The molecule has 0 aliphatic carbocycles. The molecule has 0 saturated carbocycles. The van der Waals surface area contributed by atoms with Gasteiger partial charge >= 0.3 is 0 Å². The molecule has 0 unspecified atom stereocenters. The van der Waals surface area contributed by atoms with E-state index >= 15 is 0 Å². The molecule has 2 aromatic rings. The molecule has 0 aromatic carbocycles. The molecule has 0 fully saturated rings. The number of aryl methyl sites for hydroxylation is 1. The zero-order valence-electron chi connectivity index (χ0n) is 9.64. The van der Waals surface area contributed by atoms with E-state index in [4.69, 9.17) is 10.5 Å². The maximum Gasteiger partial charge on any atom is 0.213 e. The minimum Gasteiger partial charge on any atom is -0.481 e. The molecule has 4 nitrogen and oxygen atoms in total. The van der Waals surface area contributed by atoms with Gasteiger partial charge < -0.3 is 10.5 Å². The van der Waals surface area contributed by atoms with Gasteiger partial charge in [-0.05, 0) is 13.0 Å². The number of hydrogen-bond acceptors (Lipinski definition) is 6. The van der Waals surface area contributed by atoms with Crippen LogP contribution in [0.2, 0.25) is 0 Å². The van der Waals surface area contributed by atoms with E-state index in [0.717, 1.165) is 21.3 Å². The fourth-order valence-electron chi connectivity index (χ4n) is 1.33. The van der Waals surface area contributed by atoms with Crippen molar-refractivity contribution in [3.05, 3.63) is 29.6 Å². The van der Waals surface area contributed by atoms with Crippen molar-refractivity contribution in [3.8, 4) is 5.88 Å². The molecule has 0 aliphatic heterocycles. The third-order valence-electron chi connectivity index (χ3n) is 2.11. The van der Waals surface area contributed by atoms with Crippen LogP contribution in [0.25, 0.3) is 0 Å². The summed E-state index contributed by atoms with van der Waals surface area (Å²) in [7, 11) is 1.62. The van der Waals surface area contributed by atoms with Gasteiger partial charge in [-0.2, -0.15) is 0 Å². The molecule has 0 aliphatic rings. The molecule has 0 radical (unpaired) electrons. The summed E-state index contributed by atoms with van der Waals surface area (Å²) in [5, 5.41) is 0.614. The van der Waals surface area contributed by atoms with Crippen LogP contribution in [0.3, 0.4) is 0 Å². The predicted octanol–water partition coefficient (Wildman–Crippen LogP) is 2.73. The third kappa shape index (κ3) is 3.10. The number of anilines is 1. The van der Waals surface area contributed by atoms with Crippen LogP contribution in [0, 0.1) is 6.92 Å². The fourth-order valence-corrected chi connectivity index (χ4v) is 3.26. The highest BCUT2D eigenvalue weighted by atomic mass is 32.2. The third-order valence-corrected chi connectivity index (χ3v) is 4.49. The van der Waals surface area contributed by atoms with E-state index in [9.17, 15) is 0 Å². The second-order valence-electron chi connectivity index (χ2n) is 3.38. The van der Waals surface area contributed by atoms with Gasteiger partial charge in [0.15, 0.2) is 5.13 Å². The van der Waals surface area contributed by atoms with Crippen molar-refractivity contribution in [2.24, 2.45) is 0 Å². The largest absolute Gasteiger partial charge is 0.481 e. The van der Waals surface area contributed by atoms with Crippen LogP contribution >= 0.6 is 23.1 Å². The molecule has 2 N–H and O–H groups in total. The van der Waals surface area contributed by atoms with Gasteiger partial charge in [0.05, 0.1) is 22.7 Å². The van der Waals surface area contributed by atoms with Crippen LogP contribution in [0.1, 0.15) is 11.4 Å². The van der Waals surface area contributed by atoms with E-state index in [-0.39, 0.29) is 0 Å². The van der Waals surface area contributed by atoms with Crippen molar-refractivity contribution in [2.45, 2.75) is 16.9 Å². The van der Waals surface area contributed by atoms with Crippen LogP contribution in [0.4, 0.5) is 5.13 Å². The van der Waals surface area contributed by atoms with Crippen molar-refractivity contribution >= 4 is 28.2 Å². The second-order valence-corrected chi connectivity index (χ2v) is 5.66. The molecule has 2 aromatic heterocycles. The lowest BCUT2D eigenvalue weighted by atomic mass is 10.4. The number of methoxy groups -OCH3 is 1. The highest BCUT2D eigenvalue weighted by Gasteiger charge is 2.07. The average Bonchev–Trinajstić information content (AvgIpc) is 2.65. The monoisotopic (exact) mass is 267 g/mol. The second kappa shape index (κ2) is 5.37. The normalized spacial score (nSPS) is 10.5. The summed E-state index contributed by atoms with van der Waals surface area (Å²) < 4.78 is 6.23. The molecule has 0 saturated heterocycles. The summed E-state index contributed by atoms with van der Waals surface area (Å²) in [5.74, 6) is 1.43. The molecule has 2 rings (SSSR count). The maximum absolute atomic E-state index is 5.65. The Kier molecular flexibility index (Phi) is 3.86. The van der Waals surface area contributed by atoms with Crippen LogP contribution < -0.4 is 10.5 Å². The molecule has 0 atom stereocenters. The summed E-state index contributed by atoms with van der Waals surface area (Å²) in [6, 6.07) is 5.76. The van der Waals surface area contributed by atoms with E-state index < -0.39 is 0 Å². The van der Waals surface area contributed by atoms with Gasteiger partial charge in [-0.15, -0.1) is 11.8 Å². The van der Waals surface area contributed by atoms with Crippen molar-refractivity contribution in [1.29, 1.82) is 0 Å². The van der Waals surface area contributed by atoms with Crippen molar-refractivity contribution in [1.82, 2.24) is 9.97 Å². The quantitative estimate of drug-likeness (QED) is 0.863. The summed E-state index contributed by atoms with van der Waals surface area (Å²) >= 11 is 3.21.